The zero-order valence-corrected chi connectivity index (χ0v) is 13.0. The van der Waals surface area contributed by atoms with E-state index in [0.717, 1.165) is 16.6 Å². The molecule has 1 aliphatic heterocycles. The summed E-state index contributed by atoms with van der Waals surface area (Å²) in [6.07, 6.45) is 0. The van der Waals surface area contributed by atoms with Crippen LogP contribution in [0.25, 0.3) is 0 Å². The van der Waals surface area contributed by atoms with Gasteiger partial charge >= 0.3 is 7.12 Å². The lowest BCUT2D eigenvalue weighted by molar-refractivity contribution is 0.0343. The third-order valence-electron chi connectivity index (χ3n) is 3.56. The average Bonchev–Trinajstić information content (AvgIpc) is 2.55. The standard InChI is InChI=1S/C19H19BO2/c1-19(2)14-21-20(22-15-19)18-12-10-17(11-13-18)9-8-16-6-4-3-5-7-16/h3-7,10-13H,14-15H2,1-2H3. The van der Waals surface area contributed by atoms with E-state index in [0.29, 0.717) is 13.2 Å². The van der Waals surface area contributed by atoms with Crippen LogP contribution >= 0.6 is 0 Å². The molecule has 2 aromatic carbocycles. The molecule has 1 saturated heterocycles. The van der Waals surface area contributed by atoms with Crippen molar-refractivity contribution in [3.63, 3.8) is 0 Å². The third-order valence-corrected chi connectivity index (χ3v) is 3.56. The summed E-state index contributed by atoms with van der Waals surface area (Å²) in [5.74, 6) is 6.33. The molecule has 0 saturated carbocycles. The smallest absolute Gasteiger partial charge is 0.407 e. The van der Waals surface area contributed by atoms with Crippen molar-refractivity contribution in [3.05, 3.63) is 65.7 Å². The van der Waals surface area contributed by atoms with Gasteiger partial charge in [0.15, 0.2) is 0 Å². The molecule has 110 valence electrons. The molecule has 0 amide bonds. The molecule has 1 heterocycles. The molecule has 22 heavy (non-hydrogen) atoms. The number of hydrogen-bond acceptors (Lipinski definition) is 2. The van der Waals surface area contributed by atoms with Crippen LogP contribution in [0, 0.1) is 17.3 Å². The van der Waals surface area contributed by atoms with Gasteiger partial charge in [0.25, 0.3) is 0 Å². The molecular formula is C19H19BO2. The van der Waals surface area contributed by atoms with Crippen molar-refractivity contribution in [2.75, 3.05) is 13.2 Å². The van der Waals surface area contributed by atoms with Crippen molar-refractivity contribution in [1.29, 1.82) is 0 Å². The first kappa shape index (κ1) is 14.9. The minimum absolute atomic E-state index is 0.0948. The first-order chi connectivity index (χ1) is 10.6. The second-order valence-corrected chi connectivity index (χ2v) is 6.36. The monoisotopic (exact) mass is 290 g/mol. The summed E-state index contributed by atoms with van der Waals surface area (Å²) in [6, 6.07) is 18.1. The predicted octanol–water partition coefficient (Wildman–Crippen LogP) is 2.85. The normalized spacial score (nSPS) is 16.7. The highest BCUT2D eigenvalue weighted by Gasteiger charge is 2.33. The van der Waals surface area contributed by atoms with Gasteiger partial charge in [0.05, 0.1) is 0 Å². The maximum absolute atomic E-state index is 5.79. The van der Waals surface area contributed by atoms with E-state index in [-0.39, 0.29) is 12.5 Å². The molecule has 0 unspecified atom stereocenters. The molecule has 0 atom stereocenters. The third kappa shape index (κ3) is 3.79. The zero-order chi connectivity index (χ0) is 15.4. The van der Waals surface area contributed by atoms with E-state index >= 15 is 0 Å². The molecule has 0 aromatic heterocycles. The summed E-state index contributed by atoms with van der Waals surface area (Å²) in [5.41, 5.74) is 3.15. The Kier molecular flexibility index (Phi) is 4.33. The van der Waals surface area contributed by atoms with Crippen molar-refractivity contribution >= 4 is 12.6 Å². The lowest BCUT2D eigenvalue weighted by Gasteiger charge is -2.33. The fourth-order valence-electron chi connectivity index (χ4n) is 2.27. The quantitative estimate of drug-likeness (QED) is 0.594. The number of rotatable bonds is 1. The Hall–Kier alpha value is -2.02. The zero-order valence-electron chi connectivity index (χ0n) is 13.0. The molecule has 2 aromatic rings. The highest BCUT2D eigenvalue weighted by Crippen LogP contribution is 2.21. The topological polar surface area (TPSA) is 18.5 Å². The molecule has 1 fully saturated rings. The SMILES string of the molecule is CC1(C)COB(c2ccc(C#Cc3ccccc3)cc2)OC1. The Morgan fingerprint density at radius 3 is 1.95 bits per heavy atom. The van der Waals surface area contributed by atoms with Crippen LogP contribution < -0.4 is 5.46 Å². The average molecular weight is 290 g/mol. The minimum atomic E-state index is -0.260. The molecular weight excluding hydrogens is 271 g/mol. The van der Waals surface area contributed by atoms with Crippen LogP contribution in [0.5, 0.6) is 0 Å². The van der Waals surface area contributed by atoms with Crippen LogP contribution in [0.4, 0.5) is 0 Å². The van der Waals surface area contributed by atoms with E-state index in [2.05, 4.69) is 25.7 Å². The fraction of sp³-hybridized carbons (Fsp3) is 0.263. The van der Waals surface area contributed by atoms with Crippen molar-refractivity contribution in [1.82, 2.24) is 0 Å². The molecule has 1 aliphatic rings. The van der Waals surface area contributed by atoms with Gasteiger partial charge in [-0.3, -0.25) is 0 Å². The van der Waals surface area contributed by atoms with Crippen molar-refractivity contribution < 1.29 is 9.31 Å². The van der Waals surface area contributed by atoms with Gasteiger partial charge in [-0.25, -0.2) is 0 Å². The van der Waals surface area contributed by atoms with E-state index in [1.54, 1.807) is 0 Å². The van der Waals surface area contributed by atoms with E-state index in [4.69, 9.17) is 9.31 Å². The lowest BCUT2D eigenvalue weighted by atomic mass is 9.76. The Bertz CT molecular complexity index is 671. The van der Waals surface area contributed by atoms with Gasteiger partial charge in [-0.1, -0.05) is 56.0 Å². The van der Waals surface area contributed by atoms with Crippen LogP contribution in [-0.2, 0) is 9.31 Å². The Labute approximate surface area is 132 Å². The maximum Gasteiger partial charge on any atom is 0.493 e. The van der Waals surface area contributed by atoms with Gasteiger partial charge in [-0.2, -0.15) is 0 Å². The van der Waals surface area contributed by atoms with Crippen molar-refractivity contribution in [2.24, 2.45) is 5.41 Å². The summed E-state index contributed by atoms with van der Waals surface area (Å²) in [5, 5.41) is 0. The second-order valence-electron chi connectivity index (χ2n) is 6.36. The highest BCUT2D eigenvalue weighted by atomic mass is 16.6. The summed E-state index contributed by atoms with van der Waals surface area (Å²) in [7, 11) is -0.260. The number of hydrogen-bond donors (Lipinski definition) is 0. The Morgan fingerprint density at radius 2 is 1.36 bits per heavy atom. The Morgan fingerprint density at radius 1 is 0.818 bits per heavy atom. The molecule has 0 radical (unpaired) electrons. The summed E-state index contributed by atoms with van der Waals surface area (Å²) >= 11 is 0. The van der Waals surface area contributed by atoms with Crippen LogP contribution in [0.1, 0.15) is 25.0 Å². The largest absolute Gasteiger partial charge is 0.493 e. The summed E-state index contributed by atoms with van der Waals surface area (Å²) in [6.45, 7) is 5.72. The van der Waals surface area contributed by atoms with Gasteiger partial charge in [0, 0.05) is 29.8 Å². The van der Waals surface area contributed by atoms with Crippen molar-refractivity contribution in [3.8, 4) is 11.8 Å². The first-order valence-corrected chi connectivity index (χ1v) is 7.53. The summed E-state index contributed by atoms with van der Waals surface area (Å²) in [4.78, 5) is 0. The second kappa shape index (κ2) is 6.40. The van der Waals surface area contributed by atoms with E-state index < -0.39 is 0 Å². The minimum Gasteiger partial charge on any atom is -0.407 e. The van der Waals surface area contributed by atoms with Crippen LogP contribution in [-0.4, -0.2) is 20.3 Å². The molecule has 2 nitrogen and oxygen atoms in total. The van der Waals surface area contributed by atoms with Gasteiger partial charge < -0.3 is 9.31 Å². The van der Waals surface area contributed by atoms with Crippen LogP contribution in [0.2, 0.25) is 0 Å². The first-order valence-electron chi connectivity index (χ1n) is 7.53. The van der Waals surface area contributed by atoms with E-state index in [1.165, 1.54) is 0 Å². The molecule has 0 N–H and O–H groups in total. The highest BCUT2D eigenvalue weighted by molar-refractivity contribution is 6.61. The van der Waals surface area contributed by atoms with Gasteiger partial charge in [-0.15, -0.1) is 0 Å². The summed E-state index contributed by atoms with van der Waals surface area (Å²) < 4.78 is 11.6. The Balaban J connectivity index is 1.68. The molecule has 0 aliphatic carbocycles. The molecule has 0 bridgehead atoms. The van der Waals surface area contributed by atoms with E-state index in [1.807, 2.05) is 54.6 Å². The number of benzene rings is 2. The molecule has 3 rings (SSSR count). The van der Waals surface area contributed by atoms with Gasteiger partial charge in [0.2, 0.25) is 0 Å². The van der Waals surface area contributed by atoms with Crippen LogP contribution in [0.15, 0.2) is 54.6 Å². The predicted molar refractivity (Wildman–Crippen MR) is 89.9 cm³/mol. The lowest BCUT2D eigenvalue weighted by Crippen LogP contribution is -2.47. The van der Waals surface area contributed by atoms with Crippen molar-refractivity contribution in [2.45, 2.75) is 13.8 Å². The maximum atomic E-state index is 5.79. The molecule has 3 heteroatoms. The molecule has 0 spiro atoms. The fourth-order valence-corrected chi connectivity index (χ4v) is 2.27. The van der Waals surface area contributed by atoms with E-state index in [9.17, 15) is 0 Å². The van der Waals surface area contributed by atoms with Crippen LogP contribution in [0.3, 0.4) is 0 Å². The van der Waals surface area contributed by atoms with Gasteiger partial charge in [-0.05, 0) is 29.7 Å². The van der Waals surface area contributed by atoms with Gasteiger partial charge in [0.1, 0.15) is 0 Å².